The number of amides is 2. The molecule has 128 valence electrons. The van der Waals surface area contributed by atoms with Crippen molar-refractivity contribution in [2.24, 2.45) is 0 Å². The summed E-state index contributed by atoms with van der Waals surface area (Å²) in [6.07, 6.45) is 0. The number of hydrogen-bond acceptors (Lipinski definition) is 3. The first-order valence-electron chi connectivity index (χ1n) is 8.22. The summed E-state index contributed by atoms with van der Waals surface area (Å²) in [5.74, 6) is -0.115. The SMILES string of the molecule is CCn1c(NC(=O)[C@@H](C)NC(=O)c2ccccc2)nc2ccccc21. The molecule has 3 rings (SSSR count). The van der Waals surface area contributed by atoms with E-state index in [9.17, 15) is 9.59 Å². The maximum absolute atomic E-state index is 12.4. The van der Waals surface area contributed by atoms with E-state index in [-0.39, 0.29) is 11.8 Å². The number of aromatic nitrogens is 2. The third-order valence-corrected chi connectivity index (χ3v) is 3.98. The van der Waals surface area contributed by atoms with Gasteiger partial charge in [0.1, 0.15) is 6.04 Å². The summed E-state index contributed by atoms with van der Waals surface area (Å²) in [5, 5.41) is 5.51. The van der Waals surface area contributed by atoms with Crippen molar-refractivity contribution in [2.75, 3.05) is 5.32 Å². The molecule has 2 aromatic carbocycles. The molecule has 1 aromatic heterocycles. The van der Waals surface area contributed by atoms with Crippen LogP contribution in [0.25, 0.3) is 11.0 Å². The number of benzene rings is 2. The number of rotatable bonds is 5. The van der Waals surface area contributed by atoms with Crippen molar-refractivity contribution >= 4 is 28.8 Å². The number of nitrogens with zero attached hydrogens (tertiary/aromatic N) is 2. The lowest BCUT2D eigenvalue weighted by Crippen LogP contribution is -2.42. The van der Waals surface area contributed by atoms with E-state index in [1.165, 1.54) is 0 Å². The van der Waals surface area contributed by atoms with Crippen molar-refractivity contribution in [3.05, 3.63) is 60.2 Å². The molecule has 0 aliphatic carbocycles. The molecule has 0 aliphatic heterocycles. The molecule has 0 fully saturated rings. The minimum absolute atomic E-state index is 0.285. The van der Waals surface area contributed by atoms with E-state index in [0.717, 1.165) is 11.0 Å². The Kier molecular flexibility index (Phi) is 4.79. The number of para-hydroxylation sites is 2. The molecule has 0 bridgehead atoms. The molecule has 0 saturated heterocycles. The number of anilines is 1. The molecule has 2 amide bonds. The molecule has 1 atom stereocenters. The van der Waals surface area contributed by atoms with Gasteiger partial charge in [0.15, 0.2) is 0 Å². The summed E-state index contributed by atoms with van der Waals surface area (Å²) in [4.78, 5) is 29.1. The second-order valence-corrected chi connectivity index (χ2v) is 5.72. The average molecular weight is 336 g/mol. The predicted molar refractivity (Wildman–Crippen MR) is 97.4 cm³/mol. The summed E-state index contributed by atoms with van der Waals surface area (Å²) in [6, 6.07) is 15.8. The van der Waals surface area contributed by atoms with Crippen LogP contribution in [0.5, 0.6) is 0 Å². The van der Waals surface area contributed by atoms with Crippen LogP contribution in [0.3, 0.4) is 0 Å². The van der Waals surface area contributed by atoms with Gasteiger partial charge < -0.3 is 9.88 Å². The second-order valence-electron chi connectivity index (χ2n) is 5.72. The first kappa shape index (κ1) is 16.7. The van der Waals surface area contributed by atoms with Gasteiger partial charge in [-0.3, -0.25) is 14.9 Å². The van der Waals surface area contributed by atoms with E-state index in [4.69, 9.17) is 0 Å². The first-order chi connectivity index (χ1) is 12.1. The highest BCUT2D eigenvalue weighted by molar-refractivity contribution is 6.00. The third-order valence-electron chi connectivity index (χ3n) is 3.98. The Balaban J connectivity index is 1.72. The number of carbonyl (C=O) groups excluding carboxylic acids is 2. The number of imidazole rings is 1. The number of fused-ring (bicyclic) bond motifs is 1. The van der Waals surface area contributed by atoms with Crippen molar-refractivity contribution in [3.8, 4) is 0 Å². The maximum atomic E-state index is 12.4. The fourth-order valence-electron chi connectivity index (χ4n) is 2.64. The van der Waals surface area contributed by atoms with Crippen molar-refractivity contribution in [1.82, 2.24) is 14.9 Å². The molecule has 0 unspecified atom stereocenters. The molecular formula is C19H20N4O2. The van der Waals surface area contributed by atoms with Gasteiger partial charge in [0.05, 0.1) is 11.0 Å². The zero-order chi connectivity index (χ0) is 17.8. The zero-order valence-electron chi connectivity index (χ0n) is 14.2. The highest BCUT2D eigenvalue weighted by Crippen LogP contribution is 2.19. The van der Waals surface area contributed by atoms with Gasteiger partial charge in [-0.05, 0) is 38.1 Å². The van der Waals surface area contributed by atoms with E-state index in [0.29, 0.717) is 18.1 Å². The maximum Gasteiger partial charge on any atom is 0.251 e. The first-order valence-corrected chi connectivity index (χ1v) is 8.22. The topological polar surface area (TPSA) is 76.0 Å². The molecule has 6 heteroatoms. The van der Waals surface area contributed by atoms with E-state index in [2.05, 4.69) is 15.6 Å². The van der Waals surface area contributed by atoms with Crippen LogP contribution in [0.4, 0.5) is 5.95 Å². The van der Waals surface area contributed by atoms with Crippen molar-refractivity contribution < 1.29 is 9.59 Å². The number of carbonyl (C=O) groups is 2. The summed E-state index contributed by atoms with van der Waals surface area (Å²) in [6.45, 7) is 4.32. The quantitative estimate of drug-likeness (QED) is 0.752. The number of nitrogens with one attached hydrogen (secondary N) is 2. The highest BCUT2D eigenvalue weighted by atomic mass is 16.2. The number of hydrogen-bond donors (Lipinski definition) is 2. The molecule has 0 saturated carbocycles. The van der Waals surface area contributed by atoms with Gasteiger partial charge in [-0.2, -0.15) is 0 Å². The van der Waals surface area contributed by atoms with Crippen LogP contribution in [-0.4, -0.2) is 27.4 Å². The Labute approximate surface area is 145 Å². The second kappa shape index (κ2) is 7.17. The smallest absolute Gasteiger partial charge is 0.251 e. The van der Waals surface area contributed by atoms with E-state index in [1.807, 2.05) is 41.8 Å². The largest absolute Gasteiger partial charge is 0.341 e. The van der Waals surface area contributed by atoms with E-state index < -0.39 is 6.04 Å². The van der Waals surface area contributed by atoms with Gasteiger partial charge in [-0.25, -0.2) is 4.98 Å². The van der Waals surface area contributed by atoms with Gasteiger partial charge in [0.25, 0.3) is 5.91 Å². The van der Waals surface area contributed by atoms with Gasteiger partial charge in [0, 0.05) is 12.1 Å². The Morgan fingerprint density at radius 3 is 2.48 bits per heavy atom. The third kappa shape index (κ3) is 3.52. The van der Waals surface area contributed by atoms with Gasteiger partial charge in [-0.1, -0.05) is 30.3 Å². The molecule has 0 aliphatic rings. The van der Waals surface area contributed by atoms with E-state index >= 15 is 0 Å². The molecule has 0 radical (unpaired) electrons. The summed E-state index contributed by atoms with van der Waals surface area (Å²) in [5.41, 5.74) is 2.30. The molecule has 2 N–H and O–H groups in total. The Morgan fingerprint density at radius 2 is 1.76 bits per heavy atom. The summed E-state index contributed by atoms with van der Waals surface area (Å²) in [7, 11) is 0. The standard InChI is InChI=1S/C19H20N4O2/c1-3-23-16-12-8-7-11-15(16)21-19(23)22-17(24)13(2)20-18(25)14-9-5-4-6-10-14/h4-13H,3H2,1-2H3,(H,20,25)(H,21,22,24)/t13-/m1/s1. The number of aryl methyl sites for hydroxylation is 1. The molecule has 6 nitrogen and oxygen atoms in total. The Hall–Kier alpha value is -3.15. The van der Waals surface area contributed by atoms with Crippen molar-refractivity contribution in [1.29, 1.82) is 0 Å². The monoisotopic (exact) mass is 336 g/mol. The lowest BCUT2D eigenvalue weighted by Gasteiger charge is -2.14. The van der Waals surface area contributed by atoms with Crippen LogP contribution in [0.1, 0.15) is 24.2 Å². The minimum Gasteiger partial charge on any atom is -0.341 e. The lowest BCUT2D eigenvalue weighted by atomic mass is 10.2. The fraction of sp³-hybridized carbons (Fsp3) is 0.211. The van der Waals surface area contributed by atoms with Gasteiger partial charge in [0.2, 0.25) is 11.9 Å². The molecule has 25 heavy (non-hydrogen) atoms. The van der Waals surface area contributed by atoms with Gasteiger partial charge >= 0.3 is 0 Å². The summed E-state index contributed by atoms with van der Waals surface area (Å²) >= 11 is 0. The Morgan fingerprint density at radius 1 is 1.08 bits per heavy atom. The lowest BCUT2D eigenvalue weighted by molar-refractivity contribution is -0.117. The highest BCUT2D eigenvalue weighted by Gasteiger charge is 2.19. The van der Waals surface area contributed by atoms with Crippen LogP contribution in [-0.2, 0) is 11.3 Å². The summed E-state index contributed by atoms with van der Waals surface area (Å²) < 4.78 is 1.93. The minimum atomic E-state index is -0.683. The molecule has 0 spiro atoms. The van der Waals surface area contributed by atoms with Crippen LogP contribution in [0.2, 0.25) is 0 Å². The fourth-order valence-corrected chi connectivity index (χ4v) is 2.64. The Bertz CT molecular complexity index is 902. The van der Waals surface area contributed by atoms with Crippen molar-refractivity contribution in [3.63, 3.8) is 0 Å². The van der Waals surface area contributed by atoms with Crippen LogP contribution >= 0.6 is 0 Å². The van der Waals surface area contributed by atoms with Crippen LogP contribution in [0.15, 0.2) is 54.6 Å². The predicted octanol–water partition coefficient (Wildman–Crippen LogP) is 2.81. The molecule has 1 heterocycles. The van der Waals surface area contributed by atoms with E-state index in [1.54, 1.807) is 31.2 Å². The van der Waals surface area contributed by atoms with Gasteiger partial charge in [-0.15, -0.1) is 0 Å². The van der Waals surface area contributed by atoms with Crippen molar-refractivity contribution in [2.45, 2.75) is 26.4 Å². The molecular weight excluding hydrogens is 316 g/mol. The normalized spacial score (nSPS) is 11.9. The molecule has 3 aromatic rings. The average Bonchev–Trinajstić information content (AvgIpc) is 2.99. The van der Waals surface area contributed by atoms with Crippen LogP contribution < -0.4 is 10.6 Å². The zero-order valence-corrected chi connectivity index (χ0v) is 14.2. The van der Waals surface area contributed by atoms with Crippen LogP contribution in [0, 0.1) is 0 Å².